The second-order valence-corrected chi connectivity index (χ2v) is 7.78. The fourth-order valence-corrected chi connectivity index (χ4v) is 4.29. The SMILES string of the molecule is O=C(CSc1nc2ccccc2o1)NCCSCc1cccs1. The van der Waals surface area contributed by atoms with Crippen LogP contribution in [0, 0.1) is 0 Å². The van der Waals surface area contributed by atoms with Crippen molar-refractivity contribution in [3.05, 3.63) is 46.7 Å². The second-order valence-electron chi connectivity index (χ2n) is 4.72. The molecule has 0 unspecified atom stereocenters. The van der Waals surface area contributed by atoms with E-state index in [1.165, 1.54) is 16.6 Å². The monoisotopic (exact) mass is 364 g/mol. The van der Waals surface area contributed by atoms with E-state index in [1.807, 2.05) is 36.0 Å². The van der Waals surface area contributed by atoms with Gasteiger partial charge in [0.2, 0.25) is 5.91 Å². The highest BCUT2D eigenvalue weighted by atomic mass is 32.2. The maximum absolute atomic E-state index is 11.8. The summed E-state index contributed by atoms with van der Waals surface area (Å²) < 4.78 is 5.57. The highest BCUT2D eigenvalue weighted by Gasteiger charge is 2.08. The van der Waals surface area contributed by atoms with Crippen LogP contribution in [0.3, 0.4) is 0 Å². The molecule has 0 saturated carbocycles. The van der Waals surface area contributed by atoms with Crippen LogP contribution in [0.5, 0.6) is 0 Å². The topological polar surface area (TPSA) is 55.1 Å². The molecular formula is C16H16N2O2S3. The predicted molar refractivity (Wildman–Crippen MR) is 98.2 cm³/mol. The summed E-state index contributed by atoms with van der Waals surface area (Å²) in [7, 11) is 0. The number of oxazole rings is 1. The lowest BCUT2D eigenvalue weighted by molar-refractivity contribution is -0.118. The normalized spacial score (nSPS) is 11.0. The van der Waals surface area contributed by atoms with Crippen LogP contribution in [0.1, 0.15) is 4.88 Å². The Balaban J connectivity index is 1.33. The standard InChI is InChI=1S/C16H16N2O2S3/c19-15(17-7-9-21-10-12-4-3-8-22-12)11-23-16-18-13-5-1-2-6-14(13)20-16/h1-6,8H,7,9-11H2,(H,17,19). The molecule has 3 aromatic rings. The zero-order valence-electron chi connectivity index (χ0n) is 12.4. The lowest BCUT2D eigenvalue weighted by Crippen LogP contribution is -2.27. The van der Waals surface area contributed by atoms with Crippen molar-refractivity contribution >= 4 is 51.9 Å². The molecule has 2 heterocycles. The van der Waals surface area contributed by atoms with E-state index in [1.54, 1.807) is 11.3 Å². The van der Waals surface area contributed by atoms with E-state index in [0.717, 1.165) is 22.6 Å². The van der Waals surface area contributed by atoms with E-state index in [9.17, 15) is 4.79 Å². The number of benzene rings is 1. The van der Waals surface area contributed by atoms with Gasteiger partial charge in [0.05, 0.1) is 5.75 Å². The first-order valence-corrected chi connectivity index (χ1v) is 10.2. The average molecular weight is 365 g/mol. The van der Waals surface area contributed by atoms with Gasteiger partial charge in [-0.15, -0.1) is 11.3 Å². The highest BCUT2D eigenvalue weighted by molar-refractivity contribution is 7.99. The van der Waals surface area contributed by atoms with Crippen molar-refractivity contribution < 1.29 is 9.21 Å². The van der Waals surface area contributed by atoms with Crippen molar-refractivity contribution in [1.29, 1.82) is 0 Å². The maximum atomic E-state index is 11.8. The van der Waals surface area contributed by atoms with Crippen LogP contribution in [0.25, 0.3) is 11.1 Å². The number of hydrogen-bond acceptors (Lipinski definition) is 6. The molecule has 0 aliphatic heterocycles. The molecule has 4 nitrogen and oxygen atoms in total. The third-order valence-electron chi connectivity index (χ3n) is 2.99. The Morgan fingerprint density at radius 1 is 1.26 bits per heavy atom. The molecule has 2 aromatic heterocycles. The Hall–Kier alpha value is -1.44. The number of thioether (sulfide) groups is 2. The largest absolute Gasteiger partial charge is 0.431 e. The first-order valence-electron chi connectivity index (χ1n) is 7.16. The number of thiophene rings is 1. The molecule has 0 atom stereocenters. The van der Waals surface area contributed by atoms with Crippen LogP contribution in [0.4, 0.5) is 0 Å². The van der Waals surface area contributed by atoms with Crippen LogP contribution in [0.2, 0.25) is 0 Å². The van der Waals surface area contributed by atoms with Crippen LogP contribution in [-0.4, -0.2) is 28.9 Å². The number of carbonyl (C=O) groups is 1. The molecule has 0 bridgehead atoms. The van der Waals surface area contributed by atoms with E-state index in [4.69, 9.17) is 4.42 Å². The minimum Gasteiger partial charge on any atom is -0.431 e. The molecule has 0 aliphatic rings. The lowest BCUT2D eigenvalue weighted by Gasteiger charge is -2.03. The predicted octanol–water partition coefficient (Wildman–Crippen LogP) is 4.03. The van der Waals surface area contributed by atoms with Gasteiger partial charge in [-0.3, -0.25) is 4.79 Å². The van der Waals surface area contributed by atoms with Crippen molar-refractivity contribution in [2.45, 2.75) is 11.0 Å². The average Bonchev–Trinajstić information content (AvgIpc) is 3.21. The molecule has 1 amide bonds. The van der Waals surface area contributed by atoms with Gasteiger partial charge in [0.1, 0.15) is 5.52 Å². The lowest BCUT2D eigenvalue weighted by atomic mass is 10.3. The molecule has 0 saturated heterocycles. The summed E-state index contributed by atoms with van der Waals surface area (Å²) >= 11 is 4.92. The van der Waals surface area contributed by atoms with Gasteiger partial charge in [0.25, 0.3) is 5.22 Å². The molecule has 1 N–H and O–H groups in total. The van der Waals surface area contributed by atoms with E-state index in [-0.39, 0.29) is 5.91 Å². The Bertz CT molecular complexity index is 723. The van der Waals surface area contributed by atoms with Crippen LogP contribution >= 0.6 is 34.9 Å². The number of aromatic nitrogens is 1. The van der Waals surface area contributed by atoms with Crippen molar-refractivity contribution in [1.82, 2.24) is 10.3 Å². The van der Waals surface area contributed by atoms with E-state index in [2.05, 4.69) is 27.8 Å². The van der Waals surface area contributed by atoms with Crippen molar-refractivity contribution in [2.24, 2.45) is 0 Å². The number of nitrogens with one attached hydrogen (secondary N) is 1. The van der Waals surface area contributed by atoms with Crippen LogP contribution in [-0.2, 0) is 10.5 Å². The summed E-state index contributed by atoms with van der Waals surface area (Å²) in [6.45, 7) is 0.684. The third-order valence-corrected chi connectivity index (χ3v) is 5.89. The van der Waals surface area contributed by atoms with Gasteiger partial charge >= 0.3 is 0 Å². The molecular weight excluding hydrogens is 348 g/mol. The van der Waals surface area contributed by atoms with Crippen molar-refractivity contribution in [3.8, 4) is 0 Å². The maximum Gasteiger partial charge on any atom is 0.257 e. The molecule has 0 spiro atoms. The van der Waals surface area contributed by atoms with Crippen LogP contribution < -0.4 is 5.32 Å². The Kier molecular flexibility index (Phi) is 6.01. The number of fused-ring (bicyclic) bond motifs is 1. The fraction of sp³-hybridized carbons (Fsp3) is 0.250. The summed E-state index contributed by atoms with van der Waals surface area (Å²) in [5.41, 5.74) is 1.57. The molecule has 0 aliphatic carbocycles. The Labute approximate surface area is 147 Å². The summed E-state index contributed by atoms with van der Waals surface area (Å²) in [5.74, 6) is 2.25. The van der Waals surface area contributed by atoms with Gasteiger partial charge in [0.15, 0.2) is 5.58 Å². The number of nitrogens with zero attached hydrogens (tertiary/aromatic N) is 1. The summed E-state index contributed by atoms with van der Waals surface area (Å²) in [4.78, 5) is 17.5. The zero-order valence-corrected chi connectivity index (χ0v) is 14.8. The second kappa shape index (κ2) is 8.42. The first-order chi connectivity index (χ1) is 11.3. The Morgan fingerprint density at radius 2 is 2.17 bits per heavy atom. The number of hydrogen-bond donors (Lipinski definition) is 1. The molecule has 120 valence electrons. The van der Waals surface area contributed by atoms with Crippen molar-refractivity contribution in [2.75, 3.05) is 18.1 Å². The first kappa shape index (κ1) is 16.4. The van der Waals surface area contributed by atoms with Gasteiger partial charge in [-0.1, -0.05) is 30.0 Å². The van der Waals surface area contributed by atoms with E-state index >= 15 is 0 Å². The zero-order chi connectivity index (χ0) is 15.9. The van der Waals surface area contributed by atoms with E-state index in [0.29, 0.717) is 17.5 Å². The van der Waals surface area contributed by atoms with Crippen molar-refractivity contribution in [3.63, 3.8) is 0 Å². The van der Waals surface area contributed by atoms with E-state index < -0.39 is 0 Å². The van der Waals surface area contributed by atoms with Gasteiger partial charge in [0, 0.05) is 22.9 Å². The number of carbonyl (C=O) groups excluding carboxylic acids is 1. The minimum atomic E-state index is 0.00831. The summed E-state index contributed by atoms with van der Waals surface area (Å²) in [6, 6.07) is 11.8. The van der Waals surface area contributed by atoms with Gasteiger partial charge in [-0.25, -0.2) is 4.98 Å². The Morgan fingerprint density at radius 3 is 3.00 bits per heavy atom. The molecule has 7 heteroatoms. The molecule has 23 heavy (non-hydrogen) atoms. The van der Waals surface area contributed by atoms with Gasteiger partial charge in [-0.05, 0) is 23.6 Å². The van der Waals surface area contributed by atoms with Gasteiger partial charge < -0.3 is 9.73 Å². The highest BCUT2D eigenvalue weighted by Crippen LogP contribution is 2.22. The molecule has 0 radical (unpaired) electrons. The third kappa shape index (κ3) is 5.02. The number of amides is 1. The smallest absolute Gasteiger partial charge is 0.257 e. The number of para-hydroxylation sites is 2. The quantitative estimate of drug-likeness (QED) is 0.483. The fourth-order valence-electron chi connectivity index (χ4n) is 1.92. The summed E-state index contributed by atoms with van der Waals surface area (Å²) in [5, 5.41) is 5.54. The molecule has 0 fully saturated rings. The molecule has 1 aromatic carbocycles. The number of rotatable bonds is 8. The van der Waals surface area contributed by atoms with Crippen LogP contribution in [0.15, 0.2) is 51.4 Å². The summed E-state index contributed by atoms with van der Waals surface area (Å²) in [6.07, 6.45) is 0. The van der Waals surface area contributed by atoms with Gasteiger partial charge in [-0.2, -0.15) is 11.8 Å². The molecule has 3 rings (SSSR count). The minimum absolute atomic E-state index is 0.00831.